The molecule has 15 heavy (non-hydrogen) atoms. The molecule has 2 bridgehead atoms. The molecule has 80 valence electrons. The zero-order valence-corrected chi connectivity index (χ0v) is 9.37. The van der Waals surface area contributed by atoms with Gasteiger partial charge in [0.1, 0.15) is 17.0 Å². The van der Waals surface area contributed by atoms with Gasteiger partial charge >= 0.3 is 0 Å². The molecule has 1 aromatic heterocycles. The lowest BCUT2D eigenvalue weighted by Crippen LogP contribution is -2.43. The first kappa shape index (κ1) is 9.43. The van der Waals surface area contributed by atoms with Crippen molar-refractivity contribution in [2.45, 2.75) is 30.8 Å². The van der Waals surface area contributed by atoms with Gasteiger partial charge in [-0.1, -0.05) is 28.9 Å². The van der Waals surface area contributed by atoms with Crippen LogP contribution >= 0.6 is 11.6 Å². The van der Waals surface area contributed by atoms with E-state index in [1.165, 1.54) is 12.7 Å². The monoisotopic (exact) mass is 224 g/mol. The maximum Gasteiger partial charge on any atom is 0.142 e. The Kier molecular flexibility index (Phi) is 1.94. The van der Waals surface area contributed by atoms with E-state index in [-0.39, 0.29) is 5.54 Å². The van der Waals surface area contributed by atoms with Crippen LogP contribution in [-0.4, -0.2) is 23.1 Å². The van der Waals surface area contributed by atoms with Gasteiger partial charge in [0, 0.05) is 6.04 Å². The first-order valence-corrected chi connectivity index (χ1v) is 5.62. The third kappa shape index (κ3) is 1.13. The number of halogens is 1. The summed E-state index contributed by atoms with van der Waals surface area (Å²) in [6.07, 6.45) is 9.29. The van der Waals surface area contributed by atoms with Crippen molar-refractivity contribution < 1.29 is 4.52 Å². The SMILES string of the molecule is CN1C2C=CCC1(c1nocc1Cl)CC2. The highest BCUT2D eigenvalue weighted by atomic mass is 35.5. The van der Waals surface area contributed by atoms with E-state index in [2.05, 4.69) is 29.3 Å². The van der Waals surface area contributed by atoms with Crippen LogP contribution in [0.15, 0.2) is 22.9 Å². The largest absolute Gasteiger partial charge is 0.363 e. The van der Waals surface area contributed by atoms with Crippen molar-refractivity contribution in [1.29, 1.82) is 0 Å². The van der Waals surface area contributed by atoms with Gasteiger partial charge in [-0.3, -0.25) is 4.90 Å². The molecule has 0 saturated carbocycles. The number of hydrogen-bond acceptors (Lipinski definition) is 3. The van der Waals surface area contributed by atoms with Gasteiger partial charge in [0.25, 0.3) is 0 Å². The second kappa shape index (κ2) is 3.09. The average molecular weight is 225 g/mol. The summed E-state index contributed by atoms with van der Waals surface area (Å²) in [7, 11) is 2.15. The third-order valence-electron chi connectivity index (χ3n) is 3.81. The quantitative estimate of drug-likeness (QED) is 0.687. The molecule has 0 radical (unpaired) electrons. The summed E-state index contributed by atoms with van der Waals surface area (Å²) in [5.74, 6) is 0. The summed E-state index contributed by atoms with van der Waals surface area (Å²) in [6, 6.07) is 0.534. The first-order valence-electron chi connectivity index (χ1n) is 5.24. The molecule has 1 fully saturated rings. The van der Waals surface area contributed by atoms with Gasteiger partial charge in [0.05, 0.1) is 5.54 Å². The van der Waals surface area contributed by atoms with Gasteiger partial charge in [0.2, 0.25) is 0 Å². The van der Waals surface area contributed by atoms with E-state index in [9.17, 15) is 0 Å². The molecule has 3 nitrogen and oxygen atoms in total. The Bertz CT molecular complexity index is 414. The van der Waals surface area contributed by atoms with E-state index in [0.29, 0.717) is 11.1 Å². The van der Waals surface area contributed by atoms with E-state index in [1.54, 1.807) is 0 Å². The van der Waals surface area contributed by atoms with Crippen molar-refractivity contribution in [2.24, 2.45) is 0 Å². The molecule has 2 aliphatic heterocycles. The highest BCUT2D eigenvalue weighted by Crippen LogP contribution is 2.48. The van der Waals surface area contributed by atoms with E-state index < -0.39 is 0 Å². The molecule has 3 heterocycles. The number of hydrogen-bond donors (Lipinski definition) is 0. The Morgan fingerprint density at radius 1 is 1.67 bits per heavy atom. The lowest BCUT2D eigenvalue weighted by atomic mass is 9.88. The molecule has 1 aromatic rings. The van der Waals surface area contributed by atoms with Crippen LogP contribution in [0, 0.1) is 0 Å². The summed E-state index contributed by atoms with van der Waals surface area (Å²) >= 11 is 6.12. The minimum absolute atomic E-state index is 0.0243. The van der Waals surface area contributed by atoms with Gasteiger partial charge in [-0.25, -0.2) is 0 Å². The molecular weight excluding hydrogens is 212 g/mol. The molecule has 0 aliphatic carbocycles. The number of likely N-dealkylation sites (N-methyl/N-ethyl adjacent to an activating group) is 1. The van der Waals surface area contributed by atoms with Crippen molar-refractivity contribution in [3.8, 4) is 0 Å². The minimum Gasteiger partial charge on any atom is -0.363 e. The van der Waals surface area contributed by atoms with Crippen molar-refractivity contribution in [3.05, 3.63) is 29.1 Å². The summed E-state index contributed by atoms with van der Waals surface area (Å²) in [6.45, 7) is 0. The van der Waals surface area contributed by atoms with Gasteiger partial charge < -0.3 is 4.52 Å². The van der Waals surface area contributed by atoms with Crippen LogP contribution in [0.4, 0.5) is 0 Å². The van der Waals surface area contributed by atoms with E-state index >= 15 is 0 Å². The Balaban J connectivity index is 2.11. The fraction of sp³-hybridized carbons (Fsp3) is 0.545. The molecule has 0 amide bonds. The molecule has 2 atom stereocenters. The minimum atomic E-state index is -0.0243. The summed E-state index contributed by atoms with van der Waals surface area (Å²) in [5.41, 5.74) is 0.877. The first-order chi connectivity index (χ1) is 7.24. The summed E-state index contributed by atoms with van der Waals surface area (Å²) in [5, 5.41) is 4.73. The van der Waals surface area contributed by atoms with Crippen LogP contribution in [-0.2, 0) is 5.54 Å². The smallest absolute Gasteiger partial charge is 0.142 e. The standard InChI is InChI=1S/C11H13ClN2O/c1-14-8-3-2-5-11(14,6-4-8)10-9(12)7-15-13-10/h2-3,7-8H,4-6H2,1H3. The summed E-state index contributed by atoms with van der Waals surface area (Å²) in [4.78, 5) is 2.37. The number of fused-ring (bicyclic) bond motifs is 2. The van der Waals surface area contributed by atoms with Crippen LogP contribution in [0.25, 0.3) is 0 Å². The molecule has 0 spiro atoms. The van der Waals surface area contributed by atoms with E-state index in [1.807, 2.05) is 0 Å². The van der Waals surface area contributed by atoms with Gasteiger partial charge in [0.15, 0.2) is 0 Å². The van der Waals surface area contributed by atoms with Crippen molar-refractivity contribution in [2.75, 3.05) is 7.05 Å². The number of aromatic nitrogens is 1. The van der Waals surface area contributed by atoms with E-state index in [0.717, 1.165) is 18.5 Å². The molecular formula is C11H13ClN2O. The highest BCUT2D eigenvalue weighted by molar-refractivity contribution is 6.31. The highest BCUT2D eigenvalue weighted by Gasteiger charge is 2.48. The van der Waals surface area contributed by atoms with Crippen molar-refractivity contribution >= 4 is 11.6 Å². The maximum absolute atomic E-state index is 6.12. The second-order valence-electron chi connectivity index (χ2n) is 4.39. The van der Waals surface area contributed by atoms with Crippen LogP contribution in [0.2, 0.25) is 5.02 Å². The van der Waals surface area contributed by atoms with Crippen LogP contribution < -0.4 is 0 Å². The third-order valence-corrected chi connectivity index (χ3v) is 4.08. The zero-order valence-electron chi connectivity index (χ0n) is 8.61. The maximum atomic E-state index is 6.12. The zero-order chi connectivity index (χ0) is 10.5. The summed E-state index contributed by atoms with van der Waals surface area (Å²) < 4.78 is 4.96. The predicted molar refractivity (Wildman–Crippen MR) is 57.7 cm³/mol. The number of rotatable bonds is 1. The Hall–Kier alpha value is -0.800. The van der Waals surface area contributed by atoms with Crippen molar-refractivity contribution in [1.82, 2.24) is 10.1 Å². The normalized spacial score (nSPS) is 34.9. The molecule has 1 saturated heterocycles. The number of nitrogens with zero attached hydrogens (tertiary/aromatic N) is 2. The van der Waals surface area contributed by atoms with Crippen molar-refractivity contribution in [3.63, 3.8) is 0 Å². The molecule has 3 rings (SSSR count). The Labute approximate surface area is 93.7 Å². The van der Waals surface area contributed by atoms with Gasteiger partial charge in [-0.05, 0) is 26.3 Å². The Morgan fingerprint density at radius 3 is 3.27 bits per heavy atom. The lowest BCUT2D eigenvalue weighted by molar-refractivity contribution is 0.133. The van der Waals surface area contributed by atoms with E-state index in [4.69, 9.17) is 16.1 Å². The fourth-order valence-electron chi connectivity index (χ4n) is 2.88. The van der Waals surface area contributed by atoms with Crippen LogP contribution in [0.3, 0.4) is 0 Å². The average Bonchev–Trinajstić information content (AvgIpc) is 2.69. The molecule has 2 unspecified atom stereocenters. The predicted octanol–water partition coefficient (Wildman–Crippen LogP) is 2.58. The second-order valence-corrected chi connectivity index (χ2v) is 4.80. The molecule has 0 N–H and O–H groups in total. The lowest BCUT2D eigenvalue weighted by Gasteiger charge is -2.38. The van der Waals surface area contributed by atoms with Crippen LogP contribution in [0.5, 0.6) is 0 Å². The van der Waals surface area contributed by atoms with Crippen LogP contribution in [0.1, 0.15) is 25.0 Å². The molecule has 2 aliphatic rings. The van der Waals surface area contributed by atoms with Gasteiger partial charge in [-0.15, -0.1) is 0 Å². The molecule has 4 heteroatoms. The topological polar surface area (TPSA) is 29.3 Å². The van der Waals surface area contributed by atoms with Gasteiger partial charge in [-0.2, -0.15) is 0 Å². The molecule has 0 aromatic carbocycles. The Morgan fingerprint density at radius 2 is 2.53 bits per heavy atom. The fourth-order valence-corrected chi connectivity index (χ4v) is 3.13.